The van der Waals surface area contributed by atoms with Gasteiger partial charge in [-0.15, -0.1) is 10.2 Å². The molecule has 3 heterocycles. The molecule has 3 aromatic heterocycles. The predicted molar refractivity (Wildman–Crippen MR) is 142 cm³/mol. The first-order valence-corrected chi connectivity index (χ1v) is 13.7. The van der Waals surface area contributed by atoms with Gasteiger partial charge in [-0.2, -0.15) is 5.10 Å². The number of carbonyl (C=O) groups is 1. The molecule has 13 heteroatoms. The van der Waals surface area contributed by atoms with Gasteiger partial charge in [0.1, 0.15) is 18.7 Å². The number of nitrogens with two attached hydrogens (primary N) is 1. The van der Waals surface area contributed by atoms with E-state index in [2.05, 4.69) is 30.9 Å². The van der Waals surface area contributed by atoms with Gasteiger partial charge in [-0.3, -0.25) is 9.48 Å². The number of hydrogen-bond donors (Lipinski definition) is 3. The second kappa shape index (κ2) is 10.3. The van der Waals surface area contributed by atoms with Gasteiger partial charge in [-0.05, 0) is 43.7 Å². The number of ether oxygens (including phenoxy) is 2. The highest BCUT2D eigenvalue weighted by molar-refractivity contribution is 7.69. The van der Waals surface area contributed by atoms with Crippen LogP contribution in [0.15, 0.2) is 48.7 Å². The van der Waals surface area contributed by atoms with Crippen LogP contribution in [-0.2, 0) is 11.6 Å². The summed E-state index contributed by atoms with van der Waals surface area (Å²) in [5.74, 6) is 1.15. The summed E-state index contributed by atoms with van der Waals surface area (Å²) < 4.78 is 25.1. The number of nitrogens with one attached hydrogen (secondary N) is 2. The van der Waals surface area contributed by atoms with Gasteiger partial charge in [0.05, 0.1) is 42.9 Å². The van der Waals surface area contributed by atoms with E-state index in [9.17, 15) is 9.36 Å². The van der Waals surface area contributed by atoms with Crippen LogP contribution in [0.2, 0.25) is 0 Å². The summed E-state index contributed by atoms with van der Waals surface area (Å²) in [6.45, 7) is 3.38. The lowest BCUT2D eigenvalue weighted by molar-refractivity contribution is 0.0995. The van der Waals surface area contributed by atoms with Crippen LogP contribution in [0.5, 0.6) is 11.5 Å². The highest BCUT2D eigenvalue weighted by atomic mass is 31.2. The smallest absolute Gasteiger partial charge is 0.271 e. The van der Waals surface area contributed by atoms with Crippen LogP contribution >= 0.6 is 7.14 Å². The average molecular weight is 523 g/mol. The van der Waals surface area contributed by atoms with Gasteiger partial charge in [-0.25, -0.2) is 4.98 Å². The number of carbonyl (C=O) groups excluding carboxylic acids is 1. The number of anilines is 4. The maximum Gasteiger partial charge on any atom is 0.271 e. The molecule has 0 unspecified atom stereocenters. The van der Waals surface area contributed by atoms with E-state index in [1.807, 2.05) is 12.1 Å². The fourth-order valence-electron chi connectivity index (χ4n) is 3.73. The lowest BCUT2D eigenvalue weighted by atomic mass is 10.1. The van der Waals surface area contributed by atoms with Gasteiger partial charge in [0.15, 0.2) is 17.3 Å². The molecule has 1 aromatic carbocycles. The van der Waals surface area contributed by atoms with Crippen LogP contribution in [0.25, 0.3) is 11.3 Å². The van der Waals surface area contributed by atoms with Gasteiger partial charge < -0.3 is 30.4 Å². The van der Waals surface area contributed by atoms with E-state index in [1.165, 1.54) is 7.11 Å². The lowest BCUT2D eigenvalue weighted by Crippen LogP contribution is -2.17. The summed E-state index contributed by atoms with van der Waals surface area (Å²) in [5, 5.41) is 18.8. The molecular formula is C24H27N8O4P. The van der Waals surface area contributed by atoms with Crippen LogP contribution in [0, 0.1) is 0 Å². The van der Waals surface area contributed by atoms with E-state index in [0.29, 0.717) is 51.2 Å². The minimum Gasteiger partial charge on any atom is -0.495 e. The largest absolute Gasteiger partial charge is 0.495 e. The number of primary amides is 1. The number of aryl methyl sites for hydroxylation is 1. The van der Waals surface area contributed by atoms with Gasteiger partial charge in [0.25, 0.3) is 5.91 Å². The minimum atomic E-state index is -2.54. The van der Waals surface area contributed by atoms with Crippen molar-refractivity contribution in [3.8, 4) is 22.8 Å². The van der Waals surface area contributed by atoms with Crippen molar-refractivity contribution in [1.29, 1.82) is 0 Å². The van der Waals surface area contributed by atoms with Crippen molar-refractivity contribution >= 4 is 41.5 Å². The zero-order valence-corrected chi connectivity index (χ0v) is 21.9. The number of benzene rings is 1. The zero-order chi connectivity index (χ0) is 26.7. The molecule has 12 nitrogen and oxygen atoms in total. The van der Waals surface area contributed by atoms with Crippen LogP contribution in [0.3, 0.4) is 0 Å². The molecule has 0 aliphatic heterocycles. The molecule has 0 aliphatic carbocycles. The molecule has 4 N–H and O–H groups in total. The molecule has 0 atom stereocenters. The van der Waals surface area contributed by atoms with Gasteiger partial charge >= 0.3 is 0 Å². The fourth-order valence-corrected chi connectivity index (χ4v) is 4.91. The van der Waals surface area contributed by atoms with Crippen molar-refractivity contribution in [1.82, 2.24) is 25.0 Å². The Morgan fingerprint density at radius 1 is 1.00 bits per heavy atom. The van der Waals surface area contributed by atoms with E-state index < -0.39 is 13.0 Å². The molecule has 4 aromatic rings. The zero-order valence-electron chi connectivity index (χ0n) is 21.0. The van der Waals surface area contributed by atoms with Crippen molar-refractivity contribution in [3.63, 3.8) is 0 Å². The average Bonchev–Trinajstić information content (AvgIpc) is 3.26. The molecule has 192 valence electrons. The van der Waals surface area contributed by atoms with Crippen LogP contribution in [0.4, 0.5) is 23.0 Å². The molecule has 0 aliphatic rings. The normalized spacial score (nSPS) is 11.2. The Morgan fingerprint density at radius 3 is 2.38 bits per heavy atom. The Bertz CT molecular complexity index is 1500. The van der Waals surface area contributed by atoms with E-state index in [0.717, 1.165) is 0 Å². The molecule has 37 heavy (non-hydrogen) atoms. The number of pyridine rings is 1. The number of aromatic nitrogens is 5. The summed E-state index contributed by atoms with van der Waals surface area (Å²) in [6.07, 6.45) is 1.56. The summed E-state index contributed by atoms with van der Waals surface area (Å²) in [5.41, 5.74) is 8.25. The Kier molecular flexibility index (Phi) is 7.12. The molecule has 0 radical (unpaired) electrons. The summed E-state index contributed by atoms with van der Waals surface area (Å²) in [4.78, 5) is 16.3. The second-order valence-electron chi connectivity index (χ2n) is 8.44. The van der Waals surface area contributed by atoms with Crippen molar-refractivity contribution in [2.45, 2.75) is 0 Å². The Balaban J connectivity index is 1.71. The van der Waals surface area contributed by atoms with E-state index in [4.69, 9.17) is 15.2 Å². The third-order valence-corrected chi connectivity index (χ3v) is 6.95. The molecule has 0 bridgehead atoms. The highest BCUT2D eigenvalue weighted by Gasteiger charge is 2.22. The highest BCUT2D eigenvalue weighted by Crippen LogP contribution is 2.40. The standard InChI is InChI=1S/C24H27N8O4P/c1-32-21(37(4,5)34)12-17(31-32)15-7-6-8-16(23(15)36-3)27-18-11-20(29-30-22(18)24(25)33)28-19-10-9-14(35-2)13-26-19/h6-13H,1-5H3,(H2,25,33)(H2,26,27,28,29). The Labute approximate surface area is 213 Å². The van der Waals surface area contributed by atoms with Gasteiger partial charge in [0.2, 0.25) is 0 Å². The number of hydrogen-bond acceptors (Lipinski definition) is 10. The van der Waals surface area contributed by atoms with Gasteiger partial charge in [-0.1, -0.05) is 6.07 Å². The molecule has 0 fully saturated rings. The third-order valence-electron chi connectivity index (χ3n) is 5.43. The van der Waals surface area contributed by atoms with Crippen molar-refractivity contribution < 1.29 is 18.8 Å². The first kappa shape index (κ1) is 25.6. The summed E-state index contributed by atoms with van der Waals surface area (Å²) >= 11 is 0. The van der Waals surface area contributed by atoms with Crippen molar-refractivity contribution in [2.75, 3.05) is 38.2 Å². The monoisotopic (exact) mass is 522 g/mol. The lowest BCUT2D eigenvalue weighted by Gasteiger charge is -2.16. The topological polar surface area (TPSA) is 159 Å². The van der Waals surface area contributed by atoms with Crippen LogP contribution in [-0.4, -0.2) is 58.4 Å². The second-order valence-corrected chi connectivity index (χ2v) is 11.6. The number of rotatable bonds is 9. The SMILES string of the molecule is COc1ccc(Nc2cc(Nc3cccc(-c4cc(P(C)(C)=O)n(C)n4)c3OC)c(C(N)=O)nn2)nc1. The van der Waals surface area contributed by atoms with Crippen molar-refractivity contribution in [2.24, 2.45) is 12.8 Å². The number of methoxy groups -OCH3 is 2. The van der Waals surface area contributed by atoms with E-state index in [-0.39, 0.29) is 5.69 Å². The first-order chi connectivity index (χ1) is 17.6. The quantitative estimate of drug-likeness (QED) is 0.279. The van der Waals surface area contributed by atoms with Crippen molar-refractivity contribution in [3.05, 3.63) is 54.4 Å². The molecular weight excluding hydrogens is 495 g/mol. The maximum atomic E-state index is 12.7. The van der Waals surface area contributed by atoms with E-state index >= 15 is 0 Å². The Hall–Kier alpha value is -4.44. The minimum absolute atomic E-state index is 0.0567. The van der Waals surface area contributed by atoms with Crippen LogP contribution in [0.1, 0.15) is 10.5 Å². The summed E-state index contributed by atoms with van der Waals surface area (Å²) in [7, 11) is 2.29. The van der Waals surface area contributed by atoms with E-state index in [1.54, 1.807) is 68.7 Å². The Morgan fingerprint density at radius 2 is 1.78 bits per heavy atom. The third kappa shape index (κ3) is 5.54. The van der Waals surface area contributed by atoms with Crippen LogP contribution < -0.4 is 31.3 Å². The molecule has 0 saturated heterocycles. The molecule has 1 amide bonds. The van der Waals surface area contributed by atoms with Gasteiger partial charge in [0, 0.05) is 18.7 Å². The number of amides is 1. The summed E-state index contributed by atoms with van der Waals surface area (Å²) in [6, 6.07) is 12.3. The first-order valence-electron chi connectivity index (χ1n) is 11.1. The maximum absolute atomic E-state index is 12.7. The molecule has 4 rings (SSSR count). The molecule has 0 spiro atoms. The molecule has 0 saturated carbocycles. The predicted octanol–water partition coefficient (Wildman–Crippen LogP) is 3.12. The number of para-hydroxylation sites is 1. The number of nitrogens with zero attached hydrogens (tertiary/aromatic N) is 5. The fraction of sp³-hybridized carbons (Fsp3) is 0.208.